The number of urea groups is 1. The number of rotatable bonds is 6. The number of hydrogen-bond donors (Lipinski definition) is 3. The van der Waals surface area contributed by atoms with Crippen LogP contribution in [-0.2, 0) is 11.2 Å². The van der Waals surface area contributed by atoms with Gasteiger partial charge < -0.3 is 20.5 Å². The summed E-state index contributed by atoms with van der Waals surface area (Å²) in [5.74, 6) is 0.737. The molecule has 0 aliphatic heterocycles. The number of amides is 3. The summed E-state index contributed by atoms with van der Waals surface area (Å²) in [6, 6.07) is 7.63. The molecule has 0 atom stereocenters. The minimum Gasteiger partial charge on any atom is -0.350 e. The van der Waals surface area contributed by atoms with E-state index in [1.807, 2.05) is 45.0 Å². The molecule has 0 saturated heterocycles. The van der Waals surface area contributed by atoms with Crippen LogP contribution in [0.15, 0.2) is 24.3 Å². The van der Waals surface area contributed by atoms with Gasteiger partial charge in [0, 0.05) is 25.6 Å². The molecule has 3 N–H and O–H groups in total. The van der Waals surface area contributed by atoms with E-state index >= 15 is 0 Å². The number of aryl methyl sites for hydroxylation is 1. The molecular formula is C18H27N5O2. The number of carbonyl (C=O) groups is 2. The number of aromatic amines is 1. The monoisotopic (exact) mass is 345 g/mol. The van der Waals surface area contributed by atoms with Crippen LogP contribution >= 0.6 is 0 Å². The lowest BCUT2D eigenvalue weighted by Gasteiger charge is -2.23. The van der Waals surface area contributed by atoms with Gasteiger partial charge >= 0.3 is 6.03 Å². The molecule has 0 saturated carbocycles. The largest absolute Gasteiger partial charge is 0.350 e. The number of hydrogen-bond acceptors (Lipinski definition) is 3. The number of carbonyl (C=O) groups excluding carboxylic acids is 2. The molecule has 7 nitrogen and oxygen atoms in total. The Hall–Kier alpha value is -2.57. The van der Waals surface area contributed by atoms with Crippen LogP contribution in [0, 0.1) is 0 Å². The van der Waals surface area contributed by atoms with Crippen molar-refractivity contribution in [1.29, 1.82) is 0 Å². The van der Waals surface area contributed by atoms with Crippen molar-refractivity contribution in [3.8, 4) is 0 Å². The van der Waals surface area contributed by atoms with E-state index in [0.29, 0.717) is 6.54 Å². The van der Waals surface area contributed by atoms with Crippen LogP contribution < -0.4 is 10.6 Å². The number of para-hydroxylation sites is 2. The van der Waals surface area contributed by atoms with E-state index in [4.69, 9.17) is 0 Å². The van der Waals surface area contributed by atoms with Gasteiger partial charge in [-0.1, -0.05) is 12.1 Å². The van der Waals surface area contributed by atoms with Gasteiger partial charge in [-0.2, -0.15) is 0 Å². The van der Waals surface area contributed by atoms with Crippen molar-refractivity contribution in [3.05, 3.63) is 30.1 Å². The van der Waals surface area contributed by atoms with Crippen molar-refractivity contribution in [2.75, 3.05) is 20.1 Å². The third kappa shape index (κ3) is 6.10. The molecule has 1 aromatic carbocycles. The zero-order valence-corrected chi connectivity index (χ0v) is 15.3. The van der Waals surface area contributed by atoms with Crippen molar-refractivity contribution >= 4 is 23.0 Å². The van der Waals surface area contributed by atoms with Gasteiger partial charge in [0.2, 0.25) is 5.91 Å². The number of imidazole rings is 1. The van der Waals surface area contributed by atoms with Gasteiger partial charge in [-0.25, -0.2) is 9.78 Å². The molecule has 3 amide bonds. The molecule has 0 unspecified atom stereocenters. The second kappa shape index (κ2) is 8.00. The van der Waals surface area contributed by atoms with Crippen LogP contribution in [0.5, 0.6) is 0 Å². The fourth-order valence-corrected chi connectivity index (χ4v) is 2.46. The molecule has 0 spiro atoms. The maximum atomic E-state index is 12.0. The van der Waals surface area contributed by atoms with Crippen LogP contribution in [0.3, 0.4) is 0 Å². The summed E-state index contributed by atoms with van der Waals surface area (Å²) < 4.78 is 0. The predicted molar refractivity (Wildman–Crippen MR) is 98.3 cm³/mol. The van der Waals surface area contributed by atoms with E-state index in [9.17, 15) is 9.59 Å². The minimum absolute atomic E-state index is 0.0344. The second-order valence-corrected chi connectivity index (χ2v) is 7.19. The first kappa shape index (κ1) is 18.8. The van der Waals surface area contributed by atoms with Gasteiger partial charge in [0.15, 0.2) is 0 Å². The maximum Gasteiger partial charge on any atom is 0.317 e. The Labute approximate surface area is 148 Å². The Kier molecular flexibility index (Phi) is 6.01. The molecule has 0 aliphatic carbocycles. The number of nitrogens with one attached hydrogen (secondary N) is 3. The van der Waals surface area contributed by atoms with Crippen LogP contribution in [-0.4, -0.2) is 52.5 Å². The molecule has 0 aliphatic rings. The van der Waals surface area contributed by atoms with Crippen molar-refractivity contribution in [3.63, 3.8) is 0 Å². The Bertz CT molecular complexity index is 699. The zero-order valence-electron chi connectivity index (χ0n) is 15.3. The Morgan fingerprint density at radius 2 is 1.96 bits per heavy atom. The average molecular weight is 345 g/mol. The van der Waals surface area contributed by atoms with Crippen molar-refractivity contribution < 1.29 is 9.59 Å². The van der Waals surface area contributed by atoms with Crippen LogP contribution in [0.4, 0.5) is 4.79 Å². The summed E-state index contributed by atoms with van der Waals surface area (Å²) in [5, 5.41) is 5.65. The molecule has 0 fully saturated rings. The summed E-state index contributed by atoms with van der Waals surface area (Å²) in [5.41, 5.74) is 1.67. The van der Waals surface area contributed by atoms with Crippen LogP contribution in [0.1, 0.15) is 33.0 Å². The number of fused-ring (bicyclic) bond motifs is 1. The predicted octanol–water partition coefficient (Wildman–Crippen LogP) is 2.05. The normalized spacial score (nSPS) is 11.4. The number of H-pyrrole nitrogens is 1. The van der Waals surface area contributed by atoms with E-state index in [1.54, 1.807) is 7.05 Å². The standard InChI is InChI=1S/C18H27N5O2/c1-18(2,3)22-16(24)12-23(4)17(25)19-11-7-10-15-20-13-8-5-6-9-14(13)21-15/h5-6,8-9H,7,10-12H2,1-4H3,(H,19,25)(H,20,21)(H,22,24). The van der Waals surface area contributed by atoms with E-state index in [1.165, 1.54) is 4.90 Å². The highest BCUT2D eigenvalue weighted by Gasteiger charge is 2.17. The SMILES string of the molecule is CN(CC(=O)NC(C)(C)C)C(=O)NCCCc1nc2ccccc2[nH]1. The van der Waals surface area contributed by atoms with Crippen molar-refractivity contribution in [2.24, 2.45) is 0 Å². The molecule has 2 rings (SSSR count). The fourth-order valence-electron chi connectivity index (χ4n) is 2.46. The van der Waals surface area contributed by atoms with E-state index in [0.717, 1.165) is 29.7 Å². The topological polar surface area (TPSA) is 90.1 Å². The molecule has 1 heterocycles. The van der Waals surface area contributed by atoms with Gasteiger partial charge in [0.05, 0.1) is 11.0 Å². The number of aromatic nitrogens is 2. The Morgan fingerprint density at radius 3 is 2.64 bits per heavy atom. The van der Waals surface area contributed by atoms with Gasteiger partial charge in [-0.05, 0) is 39.3 Å². The molecule has 7 heteroatoms. The first-order chi connectivity index (χ1) is 11.7. The highest BCUT2D eigenvalue weighted by molar-refractivity contribution is 5.84. The van der Waals surface area contributed by atoms with Crippen molar-refractivity contribution in [2.45, 2.75) is 39.2 Å². The van der Waals surface area contributed by atoms with Gasteiger partial charge in [0.1, 0.15) is 12.4 Å². The fraction of sp³-hybridized carbons (Fsp3) is 0.500. The molecule has 136 valence electrons. The first-order valence-electron chi connectivity index (χ1n) is 8.48. The quantitative estimate of drug-likeness (QED) is 0.700. The van der Waals surface area contributed by atoms with E-state index in [-0.39, 0.29) is 24.0 Å². The Balaban J connectivity index is 1.70. The molecule has 25 heavy (non-hydrogen) atoms. The summed E-state index contributed by atoms with van der Waals surface area (Å²) >= 11 is 0. The third-order valence-electron chi connectivity index (χ3n) is 3.55. The zero-order chi connectivity index (χ0) is 18.4. The number of nitrogens with zero attached hydrogens (tertiary/aromatic N) is 2. The summed E-state index contributed by atoms with van der Waals surface area (Å²) in [6.07, 6.45) is 1.52. The highest BCUT2D eigenvalue weighted by atomic mass is 16.2. The van der Waals surface area contributed by atoms with Gasteiger partial charge in [-0.15, -0.1) is 0 Å². The Morgan fingerprint density at radius 1 is 1.24 bits per heavy atom. The number of likely N-dealkylation sites (N-methyl/N-ethyl adjacent to an activating group) is 1. The van der Waals surface area contributed by atoms with Gasteiger partial charge in [-0.3, -0.25) is 4.79 Å². The summed E-state index contributed by atoms with van der Waals surface area (Å²) in [4.78, 5) is 33.0. The molecular weight excluding hydrogens is 318 g/mol. The van der Waals surface area contributed by atoms with Crippen LogP contribution in [0.25, 0.3) is 11.0 Å². The van der Waals surface area contributed by atoms with Crippen LogP contribution in [0.2, 0.25) is 0 Å². The number of benzene rings is 1. The molecule has 2 aromatic rings. The van der Waals surface area contributed by atoms with Crippen molar-refractivity contribution in [1.82, 2.24) is 25.5 Å². The summed E-state index contributed by atoms with van der Waals surface area (Å²) in [7, 11) is 1.61. The highest BCUT2D eigenvalue weighted by Crippen LogP contribution is 2.11. The average Bonchev–Trinajstić information content (AvgIpc) is 2.92. The minimum atomic E-state index is -0.305. The lowest BCUT2D eigenvalue weighted by atomic mass is 10.1. The lowest BCUT2D eigenvalue weighted by molar-refractivity contribution is -0.122. The lowest BCUT2D eigenvalue weighted by Crippen LogP contribution is -2.48. The molecule has 1 aromatic heterocycles. The second-order valence-electron chi connectivity index (χ2n) is 7.19. The smallest absolute Gasteiger partial charge is 0.317 e. The van der Waals surface area contributed by atoms with Gasteiger partial charge in [0.25, 0.3) is 0 Å². The van der Waals surface area contributed by atoms with E-state index < -0.39 is 0 Å². The molecule has 0 radical (unpaired) electrons. The third-order valence-corrected chi connectivity index (χ3v) is 3.55. The van der Waals surface area contributed by atoms with E-state index in [2.05, 4.69) is 20.6 Å². The maximum absolute atomic E-state index is 12.0. The first-order valence-corrected chi connectivity index (χ1v) is 8.48. The molecule has 0 bridgehead atoms. The summed E-state index contributed by atoms with van der Waals surface area (Å²) in [6.45, 7) is 6.28.